The van der Waals surface area contributed by atoms with Crippen LogP contribution in [0.25, 0.3) is 0 Å². The molecule has 0 saturated heterocycles. The molecule has 0 saturated carbocycles. The van der Waals surface area contributed by atoms with E-state index in [1.54, 1.807) is 42.7 Å². The number of benzene rings is 2. The van der Waals surface area contributed by atoms with Gasteiger partial charge in [-0.25, -0.2) is 4.98 Å². The van der Waals surface area contributed by atoms with E-state index >= 15 is 0 Å². The molecule has 5 nitrogen and oxygen atoms in total. The maximum atomic E-state index is 12.2. The smallest absolute Gasteiger partial charge is 0.255 e. The first-order valence-corrected chi connectivity index (χ1v) is 7.64. The summed E-state index contributed by atoms with van der Waals surface area (Å²) in [7, 11) is 0. The summed E-state index contributed by atoms with van der Waals surface area (Å²) in [4.78, 5) is 20.2. The van der Waals surface area contributed by atoms with E-state index in [1.807, 2.05) is 18.2 Å². The normalized spacial score (nSPS) is 10.2. The molecule has 1 amide bonds. The van der Waals surface area contributed by atoms with E-state index in [0.29, 0.717) is 22.2 Å². The van der Waals surface area contributed by atoms with Crippen molar-refractivity contribution in [2.75, 3.05) is 5.32 Å². The highest BCUT2D eigenvalue weighted by molar-refractivity contribution is 6.31. The summed E-state index contributed by atoms with van der Waals surface area (Å²) in [6, 6.07) is 14.2. The van der Waals surface area contributed by atoms with E-state index in [-0.39, 0.29) is 12.5 Å². The standard InChI is InChI=1S/C18H14ClN3O2/c19-16-7-6-15(22-18(23)13-4-2-1-3-5-13)10-14(16)12-24-17-11-20-8-9-21-17/h1-11H,12H2,(H,22,23). The van der Waals surface area contributed by atoms with Gasteiger partial charge in [-0.3, -0.25) is 9.78 Å². The van der Waals surface area contributed by atoms with Gasteiger partial charge in [0.05, 0.1) is 6.20 Å². The molecule has 1 N–H and O–H groups in total. The molecule has 2 aromatic carbocycles. The van der Waals surface area contributed by atoms with Crippen LogP contribution >= 0.6 is 11.6 Å². The van der Waals surface area contributed by atoms with Crippen molar-refractivity contribution in [1.29, 1.82) is 0 Å². The van der Waals surface area contributed by atoms with Gasteiger partial charge in [-0.15, -0.1) is 0 Å². The zero-order valence-corrected chi connectivity index (χ0v) is 13.4. The van der Waals surface area contributed by atoms with Crippen LogP contribution in [0.5, 0.6) is 5.88 Å². The second-order valence-electron chi connectivity index (χ2n) is 4.96. The molecule has 0 aliphatic carbocycles. The number of rotatable bonds is 5. The Morgan fingerprint density at radius 2 is 1.96 bits per heavy atom. The number of nitrogens with zero attached hydrogens (tertiary/aromatic N) is 2. The number of amides is 1. The minimum atomic E-state index is -0.182. The van der Waals surface area contributed by atoms with Crippen molar-refractivity contribution in [3.63, 3.8) is 0 Å². The van der Waals surface area contributed by atoms with Gasteiger partial charge < -0.3 is 10.1 Å². The summed E-state index contributed by atoms with van der Waals surface area (Å²) in [6.45, 7) is 0.229. The lowest BCUT2D eigenvalue weighted by atomic mass is 10.2. The molecule has 0 aliphatic heterocycles. The van der Waals surface area contributed by atoms with Crippen molar-refractivity contribution in [3.05, 3.63) is 83.3 Å². The van der Waals surface area contributed by atoms with Crippen LogP contribution in [0.3, 0.4) is 0 Å². The fourth-order valence-corrected chi connectivity index (χ4v) is 2.24. The Hall–Kier alpha value is -2.92. The first kappa shape index (κ1) is 16.0. The topological polar surface area (TPSA) is 64.1 Å². The van der Waals surface area contributed by atoms with Gasteiger partial charge in [-0.2, -0.15) is 0 Å². The Kier molecular flexibility index (Phi) is 5.03. The highest BCUT2D eigenvalue weighted by atomic mass is 35.5. The van der Waals surface area contributed by atoms with Crippen LogP contribution in [0.1, 0.15) is 15.9 Å². The fraction of sp³-hybridized carbons (Fsp3) is 0.0556. The molecule has 120 valence electrons. The third-order valence-corrected chi connectivity index (χ3v) is 3.62. The molecule has 1 heterocycles. The van der Waals surface area contributed by atoms with Crippen LogP contribution in [0, 0.1) is 0 Å². The molecule has 0 unspecified atom stereocenters. The molecule has 0 atom stereocenters. The largest absolute Gasteiger partial charge is 0.472 e. The average Bonchev–Trinajstić information content (AvgIpc) is 2.63. The first-order valence-electron chi connectivity index (χ1n) is 7.26. The van der Waals surface area contributed by atoms with Crippen LogP contribution < -0.4 is 10.1 Å². The van der Waals surface area contributed by atoms with Crippen molar-refractivity contribution in [3.8, 4) is 5.88 Å². The molecular formula is C18H14ClN3O2. The van der Waals surface area contributed by atoms with Gasteiger partial charge in [0.1, 0.15) is 6.61 Å². The van der Waals surface area contributed by atoms with E-state index in [4.69, 9.17) is 16.3 Å². The van der Waals surface area contributed by atoms with Gasteiger partial charge in [0.25, 0.3) is 5.91 Å². The van der Waals surface area contributed by atoms with Gasteiger partial charge in [-0.1, -0.05) is 29.8 Å². The number of ether oxygens (including phenoxy) is 1. The maximum absolute atomic E-state index is 12.2. The lowest BCUT2D eigenvalue weighted by molar-refractivity contribution is 0.102. The van der Waals surface area contributed by atoms with Crippen LogP contribution in [-0.4, -0.2) is 15.9 Å². The van der Waals surface area contributed by atoms with Crippen molar-refractivity contribution in [1.82, 2.24) is 9.97 Å². The van der Waals surface area contributed by atoms with Crippen molar-refractivity contribution in [2.45, 2.75) is 6.61 Å². The molecule has 3 rings (SSSR count). The Balaban J connectivity index is 1.70. The average molecular weight is 340 g/mol. The molecule has 3 aromatic rings. The van der Waals surface area contributed by atoms with Crippen LogP contribution in [0.15, 0.2) is 67.1 Å². The Labute approximate surface area is 144 Å². The second kappa shape index (κ2) is 7.57. The van der Waals surface area contributed by atoms with Crippen LogP contribution in [0.4, 0.5) is 5.69 Å². The van der Waals surface area contributed by atoms with Gasteiger partial charge in [0.15, 0.2) is 0 Å². The van der Waals surface area contributed by atoms with E-state index in [0.717, 1.165) is 5.56 Å². The van der Waals surface area contributed by atoms with Crippen LogP contribution in [-0.2, 0) is 6.61 Å². The third kappa shape index (κ3) is 4.08. The number of nitrogens with one attached hydrogen (secondary N) is 1. The lowest BCUT2D eigenvalue weighted by Gasteiger charge is -2.10. The molecular weight excluding hydrogens is 326 g/mol. The molecule has 1 aromatic heterocycles. The van der Waals surface area contributed by atoms with Crippen molar-refractivity contribution < 1.29 is 9.53 Å². The van der Waals surface area contributed by atoms with E-state index in [2.05, 4.69) is 15.3 Å². The molecule has 0 radical (unpaired) electrons. The van der Waals surface area contributed by atoms with Crippen LogP contribution in [0.2, 0.25) is 5.02 Å². The highest BCUT2D eigenvalue weighted by Crippen LogP contribution is 2.22. The number of anilines is 1. The Morgan fingerprint density at radius 1 is 1.12 bits per heavy atom. The van der Waals surface area contributed by atoms with E-state index in [1.165, 1.54) is 6.20 Å². The molecule has 0 spiro atoms. The number of carbonyl (C=O) groups is 1. The zero-order chi connectivity index (χ0) is 16.8. The number of halogens is 1. The van der Waals surface area contributed by atoms with E-state index < -0.39 is 0 Å². The summed E-state index contributed by atoms with van der Waals surface area (Å²) in [5, 5.41) is 3.40. The third-order valence-electron chi connectivity index (χ3n) is 3.25. The Bertz CT molecular complexity index is 826. The monoisotopic (exact) mass is 339 g/mol. The fourth-order valence-electron chi connectivity index (χ4n) is 2.07. The van der Waals surface area contributed by atoms with Gasteiger partial charge in [-0.05, 0) is 30.3 Å². The summed E-state index contributed by atoms with van der Waals surface area (Å²) < 4.78 is 5.55. The molecule has 6 heteroatoms. The summed E-state index contributed by atoms with van der Waals surface area (Å²) in [6.07, 6.45) is 4.64. The number of carbonyl (C=O) groups excluding carboxylic acids is 1. The predicted molar refractivity (Wildman–Crippen MR) is 92.2 cm³/mol. The molecule has 24 heavy (non-hydrogen) atoms. The summed E-state index contributed by atoms with van der Waals surface area (Å²) >= 11 is 6.19. The van der Waals surface area contributed by atoms with Gasteiger partial charge in [0, 0.05) is 34.2 Å². The summed E-state index contributed by atoms with van der Waals surface area (Å²) in [5.41, 5.74) is 1.98. The number of hydrogen-bond donors (Lipinski definition) is 1. The minimum Gasteiger partial charge on any atom is -0.472 e. The molecule has 0 fully saturated rings. The lowest BCUT2D eigenvalue weighted by Crippen LogP contribution is -2.12. The van der Waals surface area contributed by atoms with Crippen molar-refractivity contribution in [2.24, 2.45) is 0 Å². The molecule has 0 aliphatic rings. The second-order valence-corrected chi connectivity index (χ2v) is 5.37. The Morgan fingerprint density at radius 3 is 2.71 bits per heavy atom. The highest BCUT2D eigenvalue weighted by Gasteiger charge is 2.08. The first-order chi connectivity index (χ1) is 11.7. The predicted octanol–water partition coefficient (Wildman–Crippen LogP) is 3.96. The van der Waals surface area contributed by atoms with E-state index in [9.17, 15) is 4.79 Å². The van der Waals surface area contributed by atoms with Crippen molar-refractivity contribution >= 4 is 23.2 Å². The summed E-state index contributed by atoms with van der Waals surface area (Å²) in [5.74, 6) is 0.228. The number of aromatic nitrogens is 2. The van der Waals surface area contributed by atoms with Gasteiger partial charge >= 0.3 is 0 Å². The maximum Gasteiger partial charge on any atom is 0.255 e. The van der Waals surface area contributed by atoms with Gasteiger partial charge in [0.2, 0.25) is 5.88 Å². The quantitative estimate of drug-likeness (QED) is 0.764. The zero-order valence-electron chi connectivity index (χ0n) is 12.6. The SMILES string of the molecule is O=C(Nc1ccc(Cl)c(COc2cnccn2)c1)c1ccccc1. The number of hydrogen-bond acceptors (Lipinski definition) is 4. The minimum absolute atomic E-state index is 0.182. The molecule has 0 bridgehead atoms.